The zero-order valence-corrected chi connectivity index (χ0v) is 17.6. The Morgan fingerprint density at radius 1 is 1.03 bits per heavy atom. The maximum absolute atomic E-state index is 12.8. The van der Waals surface area contributed by atoms with Crippen LogP contribution in [0.1, 0.15) is 28.8 Å². The number of hydrogen-bond acceptors (Lipinski definition) is 6. The average Bonchev–Trinajstić information content (AvgIpc) is 3.28. The molecule has 0 N–H and O–H groups in total. The van der Waals surface area contributed by atoms with Crippen molar-refractivity contribution in [1.82, 2.24) is 14.7 Å². The van der Waals surface area contributed by atoms with Gasteiger partial charge < -0.3 is 19.6 Å². The standard InChI is InChI=1S/C23H28N4O4/c28-23(19-5-8-27(29)9-6-19)26-7-1-2-20(16-26)25-12-10-24(11-13-25)15-18-3-4-21-22(14-18)31-17-30-21/h3-6,8-9,14,20H,1-2,7,10-13,15-17H2. The van der Waals surface area contributed by atoms with E-state index >= 15 is 0 Å². The molecule has 0 aliphatic carbocycles. The number of hydrogen-bond donors (Lipinski definition) is 0. The maximum atomic E-state index is 12.8. The van der Waals surface area contributed by atoms with E-state index in [1.165, 1.54) is 18.0 Å². The van der Waals surface area contributed by atoms with Gasteiger partial charge in [0.05, 0.1) is 5.56 Å². The van der Waals surface area contributed by atoms with Gasteiger partial charge in [0.25, 0.3) is 5.91 Å². The first-order valence-electron chi connectivity index (χ1n) is 11.0. The summed E-state index contributed by atoms with van der Waals surface area (Å²) in [6.45, 7) is 6.81. The zero-order chi connectivity index (χ0) is 21.2. The van der Waals surface area contributed by atoms with Crippen LogP contribution in [0.5, 0.6) is 11.5 Å². The lowest BCUT2D eigenvalue weighted by Crippen LogP contribution is -2.55. The van der Waals surface area contributed by atoms with Crippen molar-refractivity contribution in [1.29, 1.82) is 0 Å². The molecule has 8 heteroatoms. The molecule has 3 aliphatic heterocycles. The van der Waals surface area contributed by atoms with Crippen molar-refractivity contribution in [3.8, 4) is 11.5 Å². The summed E-state index contributed by atoms with van der Waals surface area (Å²) in [6, 6.07) is 9.80. The van der Waals surface area contributed by atoms with Gasteiger partial charge in [-0.2, -0.15) is 4.73 Å². The Kier molecular flexibility index (Phi) is 5.65. The Morgan fingerprint density at radius 3 is 2.61 bits per heavy atom. The van der Waals surface area contributed by atoms with Crippen LogP contribution in [0, 0.1) is 5.21 Å². The van der Waals surface area contributed by atoms with Crippen LogP contribution in [-0.4, -0.2) is 72.7 Å². The Bertz CT molecular complexity index is 928. The highest BCUT2D eigenvalue weighted by atomic mass is 16.7. The largest absolute Gasteiger partial charge is 0.619 e. The Morgan fingerprint density at radius 2 is 1.81 bits per heavy atom. The highest BCUT2D eigenvalue weighted by Gasteiger charge is 2.30. The fraction of sp³-hybridized carbons (Fsp3) is 0.478. The van der Waals surface area contributed by atoms with Crippen LogP contribution in [0.25, 0.3) is 0 Å². The molecule has 5 rings (SSSR count). The highest BCUT2D eigenvalue weighted by Crippen LogP contribution is 2.33. The SMILES string of the molecule is O=C(c1cc[n+]([O-])cc1)N1CCCC(N2CCN(Cc3ccc4c(c3)OCO4)CC2)C1. The summed E-state index contributed by atoms with van der Waals surface area (Å²) < 4.78 is 11.6. The molecule has 31 heavy (non-hydrogen) atoms. The average molecular weight is 425 g/mol. The van der Waals surface area contributed by atoms with Gasteiger partial charge in [-0.1, -0.05) is 6.07 Å². The first kappa shape index (κ1) is 20.1. The van der Waals surface area contributed by atoms with Crippen molar-refractivity contribution in [2.45, 2.75) is 25.4 Å². The van der Waals surface area contributed by atoms with Gasteiger partial charge in [-0.05, 0) is 30.5 Å². The number of amides is 1. The molecular weight excluding hydrogens is 396 g/mol. The number of likely N-dealkylation sites (tertiary alicyclic amines) is 1. The number of carbonyl (C=O) groups excluding carboxylic acids is 1. The number of fused-ring (bicyclic) bond motifs is 1. The second-order valence-corrected chi connectivity index (χ2v) is 8.49. The van der Waals surface area contributed by atoms with E-state index in [0.29, 0.717) is 23.1 Å². The smallest absolute Gasteiger partial charge is 0.254 e. The van der Waals surface area contributed by atoms with Gasteiger partial charge in [0.1, 0.15) is 0 Å². The first-order chi connectivity index (χ1) is 15.2. The fourth-order valence-electron chi connectivity index (χ4n) is 4.76. The van der Waals surface area contributed by atoms with Crippen LogP contribution in [-0.2, 0) is 6.54 Å². The Hall–Kier alpha value is -2.84. The molecule has 1 aromatic heterocycles. The molecule has 0 radical (unpaired) electrons. The van der Waals surface area contributed by atoms with Gasteiger partial charge in [-0.3, -0.25) is 14.6 Å². The third-order valence-electron chi connectivity index (χ3n) is 6.50. The molecule has 1 aromatic carbocycles. The third-order valence-corrected chi connectivity index (χ3v) is 6.50. The minimum Gasteiger partial charge on any atom is -0.619 e. The van der Waals surface area contributed by atoms with Gasteiger partial charge in [-0.25, -0.2) is 0 Å². The van der Waals surface area contributed by atoms with Crippen molar-refractivity contribution < 1.29 is 19.0 Å². The second kappa shape index (κ2) is 8.72. The van der Waals surface area contributed by atoms with E-state index in [2.05, 4.69) is 21.9 Å². The maximum Gasteiger partial charge on any atom is 0.254 e. The monoisotopic (exact) mass is 424 g/mol. The molecule has 1 amide bonds. The lowest BCUT2D eigenvalue weighted by molar-refractivity contribution is -0.605. The number of carbonyl (C=O) groups is 1. The topological polar surface area (TPSA) is 72.2 Å². The normalized spacial score (nSPS) is 21.9. The molecule has 4 heterocycles. The fourth-order valence-corrected chi connectivity index (χ4v) is 4.76. The molecule has 164 valence electrons. The zero-order valence-electron chi connectivity index (χ0n) is 17.6. The summed E-state index contributed by atoms with van der Waals surface area (Å²) in [4.78, 5) is 19.8. The van der Waals surface area contributed by atoms with Gasteiger partial charge in [-0.15, -0.1) is 0 Å². The van der Waals surface area contributed by atoms with E-state index in [9.17, 15) is 10.0 Å². The summed E-state index contributed by atoms with van der Waals surface area (Å²) in [7, 11) is 0. The molecule has 0 saturated carbocycles. The van der Waals surface area contributed by atoms with E-state index < -0.39 is 0 Å². The van der Waals surface area contributed by atoms with Crippen molar-refractivity contribution in [3.63, 3.8) is 0 Å². The highest BCUT2D eigenvalue weighted by molar-refractivity contribution is 5.94. The molecule has 2 aromatic rings. The van der Waals surface area contributed by atoms with E-state index in [1.54, 1.807) is 12.1 Å². The van der Waals surface area contributed by atoms with Crippen molar-refractivity contribution in [3.05, 3.63) is 59.1 Å². The van der Waals surface area contributed by atoms with E-state index in [1.807, 2.05) is 11.0 Å². The molecule has 1 unspecified atom stereocenters. The molecule has 2 saturated heterocycles. The predicted molar refractivity (Wildman–Crippen MR) is 114 cm³/mol. The number of piperidine rings is 1. The molecule has 1 atom stereocenters. The lowest BCUT2D eigenvalue weighted by Gasteiger charge is -2.43. The van der Waals surface area contributed by atoms with E-state index in [-0.39, 0.29) is 5.91 Å². The number of aromatic nitrogens is 1. The van der Waals surface area contributed by atoms with Gasteiger partial charge in [0.2, 0.25) is 6.79 Å². The summed E-state index contributed by atoms with van der Waals surface area (Å²) >= 11 is 0. The summed E-state index contributed by atoms with van der Waals surface area (Å²) in [5.41, 5.74) is 1.83. The third kappa shape index (κ3) is 4.45. The van der Waals surface area contributed by atoms with Crippen LogP contribution in [0.2, 0.25) is 0 Å². The van der Waals surface area contributed by atoms with Crippen molar-refractivity contribution in [2.24, 2.45) is 0 Å². The van der Waals surface area contributed by atoms with Crippen LogP contribution >= 0.6 is 0 Å². The van der Waals surface area contributed by atoms with E-state index in [0.717, 1.165) is 70.2 Å². The molecule has 0 spiro atoms. The number of nitrogens with zero attached hydrogens (tertiary/aromatic N) is 4. The van der Waals surface area contributed by atoms with Crippen LogP contribution in [0.3, 0.4) is 0 Å². The Balaban J connectivity index is 1.14. The quantitative estimate of drug-likeness (QED) is 0.547. The number of benzene rings is 1. The number of piperazine rings is 1. The minimum atomic E-state index is 0.0201. The molecule has 2 fully saturated rings. The summed E-state index contributed by atoms with van der Waals surface area (Å²) in [5.74, 6) is 1.69. The predicted octanol–water partition coefficient (Wildman–Crippen LogP) is 1.47. The Labute approximate surface area is 182 Å². The number of ether oxygens (including phenoxy) is 2. The second-order valence-electron chi connectivity index (χ2n) is 8.49. The van der Waals surface area contributed by atoms with Gasteiger partial charge in [0.15, 0.2) is 23.9 Å². The van der Waals surface area contributed by atoms with Crippen molar-refractivity contribution >= 4 is 5.91 Å². The molecular formula is C23H28N4O4. The minimum absolute atomic E-state index is 0.0201. The summed E-state index contributed by atoms with van der Waals surface area (Å²) in [5, 5.41) is 11.2. The molecule has 8 nitrogen and oxygen atoms in total. The first-order valence-corrected chi connectivity index (χ1v) is 11.0. The van der Waals surface area contributed by atoms with Crippen LogP contribution in [0.4, 0.5) is 0 Å². The van der Waals surface area contributed by atoms with Gasteiger partial charge in [0, 0.05) is 64.0 Å². The number of rotatable bonds is 4. The lowest BCUT2D eigenvalue weighted by atomic mass is 10.0. The summed E-state index contributed by atoms with van der Waals surface area (Å²) in [6.07, 6.45) is 4.91. The van der Waals surface area contributed by atoms with Crippen LogP contribution < -0.4 is 14.2 Å². The molecule has 0 bridgehead atoms. The van der Waals surface area contributed by atoms with E-state index in [4.69, 9.17) is 9.47 Å². The number of pyridine rings is 1. The molecule has 3 aliphatic rings. The van der Waals surface area contributed by atoms with Crippen molar-refractivity contribution in [2.75, 3.05) is 46.1 Å². The van der Waals surface area contributed by atoms with Gasteiger partial charge >= 0.3 is 0 Å². The van der Waals surface area contributed by atoms with Crippen LogP contribution in [0.15, 0.2) is 42.7 Å².